The second-order valence-electron chi connectivity index (χ2n) is 5.42. The van der Waals surface area contributed by atoms with E-state index in [9.17, 15) is 13.2 Å². The van der Waals surface area contributed by atoms with E-state index in [1.165, 1.54) is 18.2 Å². The van der Waals surface area contributed by atoms with Gasteiger partial charge in [-0.25, -0.2) is 13.1 Å². The highest BCUT2D eigenvalue weighted by atomic mass is 35.5. The van der Waals surface area contributed by atoms with Crippen LogP contribution < -0.4 is 4.72 Å². The molecule has 0 aliphatic rings. The zero-order valence-corrected chi connectivity index (χ0v) is 14.0. The highest BCUT2D eigenvalue weighted by molar-refractivity contribution is 7.88. The Kier molecular flexibility index (Phi) is 6.04. The van der Waals surface area contributed by atoms with Crippen LogP contribution in [0.3, 0.4) is 0 Å². The van der Waals surface area contributed by atoms with Crippen molar-refractivity contribution in [3.8, 4) is 0 Å². The van der Waals surface area contributed by atoms with Crippen LogP contribution in [-0.2, 0) is 20.6 Å². The zero-order valence-electron chi connectivity index (χ0n) is 11.7. The molecule has 0 aromatic heterocycles. The molecule has 0 atom stereocenters. The molecule has 0 heterocycles. The molecule has 0 unspecified atom stereocenters. The SMILES string of the molecule is CC(C)(CCC(=O)O)NS(=O)(=O)Cc1cc(Cl)cc(Cl)c1. The maximum absolute atomic E-state index is 12.1. The first-order valence-electron chi connectivity index (χ1n) is 6.17. The third kappa shape index (κ3) is 7.13. The molecule has 2 N–H and O–H groups in total. The Labute approximate surface area is 134 Å². The van der Waals surface area contributed by atoms with Crippen LogP contribution >= 0.6 is 23.2 Å². The van der Waals surface area contributed by atoms with Crippen molar-refractivity contribution >= 4 is 39.2 Å². The fourth-order valence-electron chi connectivity index (χ4n) is 1.84. The van der Waals surface area contributed by atoms with Crippen LogP contribution in [0, 0.1) is 0 Å². The van der Waals surface area contributed by atoms with Crippen molar-refractivity contribution in [2.24, 2.45) is 0 Å². The van der Waals surface area contributed by atoms with E-state index in [4.69, 9.17) is 28.3 Å². The van der Waals surface area contributed by atoms with Crippen molar-refractivity contribution in [3.05, 3.63) is 33.8 Å². The first-order valence-corrected chi connectivity index (χ1v) is 8.58. The van der Waals surface area contributed by atoms with E-state index in [-0.39, 0.29) is 18.6 Å². The lowest BCUT2D eigenvalue weighted by Crippen LogP contribution is -2.44. The van der Waals surface area contributed by atoms with Crippen molar-refractivity contribution < 1.29 is 18.3 Å². The van der Waals surface area contributed by atoms with Gasteiger partial charge in [0.1, 0.15) is 0 Å². The topological polar surface area (TPSA) is 83.5 Å². The van der Waals surface area contributed by atoms with Gasteiger partial charge < -0.3 is 5.11 Å². The molecule has 1 aromatic rings. The van der Waals surface area contributed by atoms with Crippen LogP contribution in [0.25, 0.3) is 0 Å². The summed E-state index contributed by atoms with van der Waals surface area (Å²) in [4.78, 5) is 10.6. The average molecular weight is 354 g/mol. The maximum Gasteiger partial charge on any atom is 0.303 e. The summed E-state index contributed by atoms with van der Waals surface area (Å²) in [5.74, 6) is -1.24. The van der Waals surface area contributed by atoms with Crippen molar-refractivity contribution in [2.75, 3.05) is 0 Å². The third-order valence-corrected chi connectivity index (χ3v) is 4.69. The largest absolute Gasteiger partial charge is 0.481 e. The number of carboxylic acid groups (broad SMARTS) is 1. The number of nitrogens with one attached hydrogen (secondary N) is 1. The summed E-state index contributed by atoms with van der Waals surface area (Å²) in [7, 11) is -3.63. The number of carboxylic acids is 1. The van der Waals surface area contributed by atoms with E-state index in [1.807, 2.05) is 0 Å². The van der Waals surface area contributed by atoms with E-state index in [1.54, 1.807) is 13.8 Å². The molecule has 0 amide bonds. The van der Waals surface area contributed by atoms with Gasteiger partial charge in [-0.3, -0.25) is 4.79 Å². The standard InChI is InChI=1S/C13H17Cl2NO4S/c1-13(2,4-3-12(17)18)16-21(19,20)8-9-5-10(14)7-11(15)6-9/h5-7,16H,3-4,8H2,1-2H3,(H,17,18). The van der Waals surface area contributed by atoms with Gasteiger partial charge in [-0.2, -0.15) is 0 Å². The normalized spacial score (nSPS) is 12.4. The molecule has 0 spiro atoms. The van der Waals surface area contributed by atoms with Gasteiger partial charge in [-0.05, 0) is 44.0 Å². The van der Waals surface area contributed by atoms with Crippen LogP contribution in [-0.4, -0.2) is 25.0 Å². The van der Waals surface area contributed by atoms with E-state index >= 15 is 0 Å². The number of aliphatic carboxylic acids is 1. The monoisotopic (exact) mass is 353 g/mol. The predicted molar refractivity (Wildman–Crippen MR) is 83.2 cm³/mol. The molecule has 8 heteroatoms. The first kappa shape index (κ1) is 18.2. The highest BCUT2D eigenvalue weighted by Gasteiger charge is 2.25. The summed E-state index contributed by atoms with van der Waals surface area (Å²) >= 11 is 11.7. The lowest BCUT2D eigenvalue weighted by atomic mass is 10.0. The summed E-state index contributed by atoms with van der Waals surface area (Å²) in [6.45, 7) is 3.27. The number of benzene rings is 1. The van der Waals surface area contributed by atoms with Crippen molar-refractivity contribution in [2.45, 2.75) is 38.0 Å². The second kappa shape index (κ2) is 6.96. The number of hydrogen-bond acceptors (Lipinski definition) is 3. The highest BCUT2D eigenvalue weighted by Crippen LogP contribution is 2.21. The Bertz CT molecular complexity index is 609. The van der Waals surface area contributed by atoms with Crippen LogP contribution in [0.5, 0.6) is 0 Å². The second-order valence-corrected chi connectivity index (χ2v) is 8.01. The summed E-state index contributed by atoms with van der Waals surface area (Å²) < 4.78 is 26.8. The summed E-state index contributed by atoms with van der Waals surface area (Å²) in [6.07, 6.45) is 0.0797. The number of sulfonamides is 1. The molecule has 0 bridgehead atoms. The van der Waals surface area contributed by atoms with Gasteiger partial charge in [0.05, 0.1) is 5.75 Å². The molecule has 0 radical (unpaired) electrons. The van der Waals surface area contributed by atoms with E-state index < -0.39 is 21.5 Å². The van der Waals surface area contributed by atoms with E-state index in [2.05, 4.69) is 4.72 Å². The molecule has 0 saturated heterocycles. The Hall–Kier alpha value is -0.820. The van der Waals surface area contributed by atoms with Crippen LogP contribution in [0.1, 0.15) is 32.3 Å². The number of halogens is 2. The number of hydrogen-bond donors (Lipinski definition) is 2. The van der Waals surface area contributed by atoms with Crippen LogP contribution in [0.4, 0.5) is 0 Å². The minimum Gasteiger partial charge on any atom is -0.481 e. The fraction of sp³-hybridized carbons (Fsp3) is 0.462. The molecule has 0 aliphatic carbocycles. The van der Waals surface area contributed by atoms with Gasteiger partial charge >= 0.3 is 5.97 Å². The molecule has 0 aliphatic heterocycles. The Morgan fingerprint density at radius 3 is 2.24 bits per heavy atom. The Balaban J connectivity index is 2.79. The molecular formula is C13H17Cl2NO4S. The first-order chi connectivity index (χ1) is 9.49. The van der Waals surface area contributed by atoms with Gasteiger partial charge in [0.25, 0.3) is 0 Å². The van der Waals surface area contributed by atoms with Gasteiger partial charge in [-0.15, -0.1) is 0 Å². The Morgan fingerprint density at radius 1 is 1.24 bits per heavy atom. The molecule has 21 heavy (non-hydrogen) atoms. The van der Waals surface area contributed by atoms with Crippen molar-refractivity contribution in [1.29, 1.82) is 0 Å². The quantitative estimate of drug-likeness (QED) is 0.788. The smallest absolute Gasteiger partial charge is 0.303 e. The van der Waals surface area contributed by atoms with E-state index in [0.717, 1.165) is 0 Å². The Morgan fingerprint density at radius 2 is 1.76 bits per heavy atom. The molecule has 1 aromatic carbocycles. The number of rotatable bonds is 7. The fourth-order valence-corrected chi connectivity index (χ4v) is 4.03. The van der Waals surface area contributed by atoms with Crippen molar-refractivity contribution in [1.82, 2.24) is 4.72 Å². The minimum absolute atomic E-state index is 0.113. The third-order valence-electron chi connectivity index (χ3n) is 2.67. The van der Waals surface area contributed by atoms with Gasteiger partial charge in [0.2, 0.25) is 10.0 Å². The van der Waals surface area contributed by atoms with Gasteiger partial charge in [-0.1, -0.05) is 23.2 Å². The van der Waals surface area contributed by atoms with Crippen molar-refractivity contribution in [3.63, 3.8) is 0 Å². The summed E-state index contributed by atoms with van der Waals surface area (Å²) in [5, 5.41) is 9.38. The van der Waals surface area contributed by atoms with Crippen LogP contribution in [0.15, 0.2) is 18.2 Å². The summed E-state index contributed by atoms with van der Waals surface area (Å²) in [6, 6.07) is 4.57. The summed E-state index contributed by atoms with van der Waals surface area (Å²) in [5.41, 5.74) is -0.381. The number of carbonyl (C=O) groups is 1. The van der Waals surface area contributed by atoms with Gasteiger partial charge in [0.15, 0.2) is 0 Å². The average Bonchev–Trinajstić information content (AvgIpc) is 2.22. The molecule has 5 nitrogen and oxygen atoms in total. The zero-order chi connectivity index (χ0) is 16.3. The molecule has 118 valence electrons. The molecule has 1 rings (SSSR count). The minimum atomic E-state index is -3.63. The predicted octanol–water partition coefficient (Wildman–Crippen LogP) is 3.06. The van der Waals surface area contributed by atoms with E-state index in [0.29, 0.717) is 15.6 Å². The van der Waals surface area contributed by atoms with Crippen LogP contribution in [0.2, 0.25) is 10.0 Å². The lowest BCUT2D eigenvalue weighted by Gasteiger charge is -2.25. The molecular weight excluding hydrogens is 337 g/mol. The molecule has 0 saturated carbocycles. The van der Waals surface area contributed by atoms with Gasteiger partial charge in [0, 0.05) is 22.0 Å². The molecule has 0 fully saturated rings. The lowest BCUT2D eigenvalue weighted by molar-refractivity contribution is -0.137. The maximum atomic E-state index is 12.1.